The average Bonchev–Trinajstić information content (AvgIpc) is 2.88. The zero-order valence-corrected chi connectivity index (χ0v) is 20.3. The van der Waals surface area contributed by atoms with Crippen LogP contribution in [-0.4, -0.2) is 50.6 Å². The van der Waals surface area contributed by atoms with E-state index in [2.05, 4.69) is 16.9 Å². The summed E-state index contributed by atoms with van der Waals surface area (Å²) >= 11 is 0. The van der Waals surface area contributed by atoms with Gasteiger partial charge in [0.1, 0.15) is 0 Å². The molecular formula is C27H35N3O4. The van der Waals surface area contributed by atoms with Crippen LogP contribution in [0.4, 0.5) is 0 Å². The Morgan fingerprint density at radius 3 is 2.62 bits per heavy atom. The van der Waals surface area contributed by atoms with Gasteiger partial charge in [0.15, 0.2) is 11.5 Å². The molecule has 1 saturated heterocycles. The highest BCUT2D eigenvalue weighted by atomic mass is 16.5. The van der Waals surface area contributed by atoms with Crippen molar-refractivity contribution in [2.24, 2.45) is 11.8 Å². The predicted molar refractivity (Wildman–Crippen MR) is 131 cm³/mol. The van der Waals surface area contributed by atoms with Gasteiger partial charge < -0.3 is 14.4 Å². The van der Waals surface area contributed by atoms with E-state index in [-0.39, 0.29) is 23.8 Å². The minimum atomic E-state index is 0.00257. The lowest BCUT2D eigenvalue weighted by Crippen LogP contribution is -2.60. The van der Waals surface area contributed by atoms with Crippen molar-refractivity contribution in [3.63, 3.8) is 0 Å². The maximum Gasteiger partial charge on any atom is 0.253 e. The second-order valence-electron chi connectivity index (χ2n) is 9.37. The molecule has 2 amide bonds. The molecule has 1 aliphatic carbocycles. The van der Waals surface area contributed by atoms with Gasteiger partial charge in [-0.15, -0.1) is 0 Å². The van der Waals surface area contributed by atoms with Crippen LogP contribution in [0.1, 0.15) is 47.2 Å². The number of ether oxygens (including phenoxy) is 2. The first kappa shape index (κ1) is 24.1. The number of benzene rings is 2. The number of hydrogen-bond donors (Lipinski definition) is 2. The van der Waals surface area contributed by atoms with Crippen LogP contribution < -0.4 is 20.3 Å². The maximum atomic E-state index is 13.1. The highest BCUT2D eigenvalue weighted by Crippen LogP contribution is 2.35. The second-order valence-corrected chi connectivity index (χ2v) is 9.37. The molecule has 2 aromatic rings. The third-order valence-corrected chi connectivity index (χ3v) is 7.21. The van der Waals surface area contributed by atoms with E-state index < -0.39 is 0 Å². The molecule has 0 bridgehead atoms. The molecule has 1 saturated carbocycles. The van der Waals surface area contributed by atoms with Gasteiger partial charge in [0.25, 0.3) is 5.91 Å². The van der Waals surface area contributed by atoms with E-state index in [4.69, 9.17) is 9.47 Å². The van der Waals surface area contributed by atoms with E-state index in [1.165, 1.54) is 6.42 Å². The standard InChI is InChI=1S/C27H35N3O4/c1-30(14-13-18-11-12-24(33-2)25(17-18)34-3)27(32)20-8-6-7-19(15-20)16-23-21-9-4-5-10-22(21)26(31)29-28-23/h6-8,11-12,15,17,21-23,28H,4-5,9-10,13-14,16H2,1-3H3,(H,29,31). The van der Waals surface area contributed by atoms with Crippen molar-refractivity contribution in [1.29, 1.82) is 0 Å². The van der Waals surface area contributed by atoms with E-state index in [1.807, 2.05) is 43.4 Å². The summed E-state index contributed by atoms with van der Waals surface area (Å²) in [6.45, 7) is 0.596. The molecule has 182 valence electrons. The first-order valence-electron chi connectivity index (χ1n) is 12.1. The average molecular weight is 466 g/mol. The van der Waals surface area contributed by atoms with Crippen LogP contribution in [0.2, 0.25) is 0 Å². The molecule has 3 unspecified atom stereocenters. The lowest BCUT2D eigenvalue weighted by Gasteiger charge is -2.41. The zero-order valence-electron chi connectivity index (χ0n) is 20.3. The quantitative estimate of drug-likeness (QED) is 0.625. The predicted octanol–water partition coefficient (Wildman–Crippen LogP) is 3.37. The number of carbonyl (C=O) groups is 2. The van der Waals surface area contributed by atoms with Crippen LogP contribution in [0.5, 0.6) is 11.5 Å². The number of nitrogens with zero attached hydrogens (tertiary/aromatic N) is 1. The summed E-state index contributed by atoms with van der Waals surface area (Å²) < 4.78 is 10.7. The number of amides is 2. The molecule has 7 heteroatoms. The topological polar surface area (TPSA) is 79.9 Å². The number of hydrazine groups is 1. The van der Waals surface area contributed by atoms with Gasteiger partial charge in [-0.25, -0.2) is 5.43 Å². The molecule has 2 fully saturated rings. The summed E-state index contributed by atoms with van der Waals surface area (Å²) in [6, 6.07) is 13.9. The summed E-state index contributed by atoms with van der Waals surface area (Å²) in [7, 11) is 5.07. The second kappa shape index (κ2) is 10.9. The summed E-state index contributed by atoms with van der Waals surface area (Å²) in [5.41, 5.74) is 8.98. The smallest absolute Gasteiger partial charge is 0.253 e. The maximum absolute atomic E-state index is 13.1. The van der Waals surface area contributed by atoms with Gasteiger partial charge in [-0.05, 0) is 67.0 Å². The van der Waals surface area contributed by atoms with Crippen molar-refractivity contribution < 1.29 is 19.1 Å². The molecule has 34 heavy (non-hydrogen) atoms. The van der Waals surface area contributed by atoms with Crippen LogP contribution in [0.15, 0.2) is 42.5 Å². The zero-order chi connectivity index (χ0) is 24.1. The first-order valence-corrected chi connectivity index (χ1v) is 12.1. The number of methoxy groups -OCH3 is 2. The number of likely N-dealkylation sites (N-methyl/N-ethyl adjacent to an activating group) is 1. The van der Waals surface area contributed by atoms with Gasteiger partial charge >= 0.3 is 0 Å². The minimum Gasteiger partial charge on any atom is -0.493 e. The Bertz CT molecular complexity index is 1020. The van der Waals surface area contributed by atoms with E-state index >= 15 is 0 Å². The highest BCUT2D eigenvalue weighted by molar-refractivity contribution is 5.94. The van der Waals surface area contributed by atoms with Crippen LogP contribution in [0.3, 0.4) is 0 Å². The van der Waals surface area contributed by atoms with Crippen molar-refractivity contribution in [3.8, 4) is 11.5 Å². The Balaban J connectivity index is 1.38. The number of rotatable bonds is 8. The van der Waals surface area contributed by atoms with Crippen molar-refractivity contribution in [2.75, 3.05) is 27.8 Å². The van der Waals surface area contributed by atoms with Crippen molar-refractivity contribution >= 4 is 11.8 Å². The lowest BCUT2D eigenvalue weighted by atomic mass is 9.72. The number of carbonyl (C=O) groups excluding carboxylic acids is 2. The van der Waals surface area contributed by atoms with Crippen molar-refractivity contribution in [2.45, 2.75) is 44.6 Å². The molecule has 0 spiro atoms. The summed E-state index contributed by atoms with van der Waals surface area (Å²) in [5, 5.41) is 0. The van der Waals surface area contributed by atoms with Crippen molar-refractivity contribution in [1.82, 2.24) is 15.8 Å². The molecule has 1 heterocycles. The molecule has 2 aromatic carbocycles. The number of fused-ring (bicyclic) bond motifs is 1. The molecule has 7 nitrogen and oxygen atoms in total. The Morgan fingerprint density at radius 1 is 1.03 bits per heavy atom. The van der Waals surface area contributed by atoms with Crippen molar-refractivity contribution in [3.05, 3.63) is 59.2 Å². The Hall–Kier alpha value is -3.06. The number of hydrogen-bond acceptors (Lipinski definition) is 5. The fourth-order valence-electron chi connectivity index (χ4n) is 5.27. The highest BCUT2D eigenvalue weighted by Gasteiger charge is 2.39. The molecule has 2 N–H and O–H groups in total. The molecule has 2 aliphatic rings. The first-order chi connectivity index (χ1) is 16.5. The molecular weight excluding hydrogens is 430 g/mol. The molecule has 1 aliphatic heterocycles. The minimum absolute atomic E-state index is 0.00257. The largest absolute Gasteiger partial charge is 0.493 e. The van der Waals surface area contributed by atoms with E-state index in [0.29, 0.717) is 29.5 Å². The Labute approximate surface area is 201 Å². The van der Waals surface area contributed by atoms with Crippen LogP contribution in [0.25, 0.3) is 0 Å². The fraction of sp³-hybridized carbons (Fsp3) is 0.481. The van der Waals surface area contributed by atoms with E-state index in [1.54, 1.807) is 19.1 Å². The van der Waals surface area contributed by atoms with Gasteiger partial charge in [-0.3, -0.25) is 15.0 Å². The molecule has 0 aromatic heterocycles. The van der Waals surface area contributed by atoms with Crippen LogP contribution in [-0.2, 0) is 17.6 Å². The van der Waals surface area contributed by atoms with Gasteiger partial charge in [0.05, 0.1) is 14.2 Å². The van der Waals surface area contributed by atoms with Crippen LogP contribution >= 0.6 is 0 Å². The third-order valence-electron chi connectivity index (χ3n) is 7.21. The lowest BCUT2D eigenvalue weighted by molar-refractivity contribution is -0.133. The Morgan fingerprint density at radius 2 is 1.82 bits per heavy atom. The summed E-state index contributed by atoms with van der Waals surface area (Å²) in [4.78, 5) is 27.1. The van der Waals surface area contributed by atoms with Gasteiger partial charge in [0, 0.05) is 31.1 Å². The van der Waals surface area contributed by atoms with E-state index in [9.17, 15) is 9.59 Å². The van der Waals surface area contributed by atoms with Gasteiger partial charge in [-0.1, -0.05) is 31.0 Å². The molecule has 3 atom stereocenters. The summed E-state index contributed by atoms with van der Waals surface area (Å²) in [6.07, 6.45) is 5.86. The van der Waals surface area contributed by atoms with Crippen LogP contribution in [0, 0.1) is 11.8 Å². The van der Waals surface area contributed by atoms with Gasteiger partial charge in [-0.2, -0.15) is 0 Å². The normalized spacial score (nSPS) is 21.9. The third kappa shape index (κ3) is 5.36. The molecule has 4 rings (SSSR count). The monoisotopic (exact) mass is 465 g/mol. The Kier molecular flexibility index (Phi) is 7.73. The summed E-state index contributed by atoms with van der Waals surface area (Å²) in [5.74, 6) is 1.97. The number of nitrogens with one attached hydrogen (secondary N) is 2. The van der Waals surface area contributed by atoms with E-state index in [0.717, 1.165) is 43.2 Å². The molecule has 0 radical (unpaired) electrons. The SMILES string of the molecule is COc1ccc(CCN(C)C(=O)c2cccc(CC3NNC(=O)C4CCCCC34)c2)cc1OC. The van der Waals surface area contributed by atoms with Gasteiger partial charge in [0.2, 0.25) is 5.91 Å². The fourth-order valence-corrected chi connectivity index (χ4v) is 5.27.